The summed E-state index contributed by atoms with van der Waals surface area (Å²) in [4.78, 5) is 34.3. The highest BCUT2D eigenvalue weighted by atomic mass is 19.1. The fraction of sp³-hybridized carbons (Fsp3) is 0.450. The fourth-order valence-electron chi connectivity index (χ4n) is 8.90. The summed E-state index contributed by atoms with van der Waals surface area (Å²) in [6.07, 6.45) is 8.45. The van der Waals surface area contributed by atoms with Gasteiger partial charge in [-0.2, -0.15) is 9.97 Å². The van der Waals surface area contributed by atoms with E-state index in [1.165, 1.54) is 25.3 Å². The zero-order valence-corrected chi connectivity index (χ0v) is 30.5. The number of hydrogen-bond acceptors (Lipinski definition) is 10. The Balaban J connectivity index is 0.00000150. The molecule has 2 bridgehead atoms. The maximum atomic E-state index is 17.4. The first-order chi connectivity index (χ1) is 26.5. The molecule has 4 fully saturated rings. The summed E-state index contributed by atoms with van der Waals surface area (Å²) >= 11 is 0. The fourth-order valence-corrected chi connectivity index (χ4v) is 8.90. The molecule has 4 aromatic rings. The Kier molecular flexibility index (Phi) is 10.7. The van der Waals surface area contributed by atoms with E-state index in [1.807, 2.05) is 4.90 Å². The number of anilines is 1. The number of hydrogen-bond donors (Lipinski definition) is 2. The number of piperazine rings is 1. The van der Waals surface area contributed by atoms with Crippen LogP contribution in [0.3, 0.4) is 0 Å². The molecule has 0 radical (unpaired) electrons. The molecule has 15 heteroatoms. The highest BCUT2D eigenvalue weighted by Gasteiger charge is 2.49. The van der Waals surface area contributed by atoms with Crippen molar-refractivity contribution >= 4 is 39.9 Å². The molecule has 0 spiro atoms. The predicted octanol–water partition coefficient (Wildman–Crippen LogP) is 5.56. The molecular formula is C40H41F4N5O6. The van der Waals surface area contributed by atoms with Gasteiger partial charge in [0.1, 0.15) is 29.9 Å². The van der Waals surface area contributed by atoms with Crippen molar-refractivity contribution in [2.45, 2.75) is 69.2 Å². The Bertz CT molecular complexity index is 2190. The van der Waals surface area contributed by atoms with Gasteiger partial charge < -0.3 is 29.5 Å². The molecule has 4 aliphatic rings. The zero-order chi connectivity index (χ0) is 39.0. The number of methoxy groups -OCH3 is 1. The van der Waals surface area contributed by atoms with Crippen molar-refractivity contribution in [3.05, 3.63) is 52.8 Å². The quantitative estimate of drug-likeness (QED) is 0.0964. The number of esters is 1. The zero-order valence-electron chi connectivity index (χ0n) is 30.5. The van der Waals surface area contributed by atoms with Gasteiger partial charge in [0, 0.05) is 43.5 Å². The topological polar surface area (TPSA) is 126 Å². The number of fused-ring (bicyclic) bond motifs is 5. The standard InChI is InChI=1S/C39H39F4N5O4.CH2O2/c1-4-26-28(41)10-7-22-13-21(15-29(49)51-5-2)14-27(30(22)26)31-33(42)35-32(36(50-3)34(31)43)37(47-18-24-8-9-25(19-47)44-24)46-38(45-35)52-20-39-11-6-12-48(39)17-23(40)16-39;2-1-3/h1,7,10,13-14,23-25,44H,5-6,8-9,11-12,15-20H2,2-3H3;1H,(H,2,3)/t23-,24?,25?,39+;/m1./s1. The third-order valence-corrected chi connectivity index (χ3v) is 11.1. The van der Waals surface area contributed by atoms with Crippen LogP contribution in [0.5, 0.6) is 11.8 Å². The van der Waals surface area contributed by atoms with Crippen molar-refractivity contribution in [1.29, 1.82) is 0 Å². The largest absolute Gasteiger partial charge is 0.493 e. The lowest BCUT2D eigenvalue weighted by Gasteiger charge is -2.35. The van der Waals surface area contributed by atoms with Crippen LogP contribution in [0.4, 0.5) is 23.4 Å². The molecule has 3 aromatic carbocycles. The van der Waals surface area contributed by atoms with Gasteiger partial charge in [0.2, 0.25) is 0 Å². The van der Waals surface area contributed by atoms with Gasteiger partial charge in [0.25, 0.3) is 6.47 Å². The number of rotatable bonds is 9. The molecule has 0 aliphatic carbocycles. The second-order valence-electron chi connectivity index (χ2n) is 14.4. The van der Waals surface area contributed by atoms with Crippen molar-refractivity contribution in [3.8, 4) is 35.2 Å². The number of terminal acetylenes is 1. The van der Waals surface area contributed by atoms with E-state index in [0.717, 1.165) is 32.2 Å². The molecule has 1 aromatic heterocycles. The minimum atomic E-state index is -1.06. The van der Waals surface area contributed by atoms with Crippen LogP contribution >= 0.6 is 0 Å². The van der Waals surface area contributed by atoms with Crippen LogP contribution in [-0.2, 0) is 20.7 Å². The summed E-state index contributed by atoms with van der Waals surface area (Å²) in [6.45, 7) is 3.82. The molecule has 4 saturated heterocycles. The SMILES string of the molecule is C#Cc1c(F)ccc2cc(CC(=O)OCC)cc(-c3c(F)c(OC)c4c(N5CC6CCC(C5)N6)nc(OC[C@@]56CCCN5C[C@H](F)C6)nc4c3F)c12.O=CO. The van der Waals surface area contributed by atoms with Crippen LogP contribution in [0.1, 0.15) is 50.2 Å². The molecule has 55 heavy (non-hydrogen) atoms. The van der Waals surface area contributed by atoms with Crippen LogP contribution in [0.25, 0.3) is 32.8 Å². The lowest BCUT2D eigenvalue weighted by molar-refractivity contribution is -0.142. The number of carboxylic acid groups (broad SMARTS) is 1. The van der Waals surface area contributed by atoms with Gasteiger partial charge in [-0.05, 0) is 67.8 Å². The molecule has 290 valence electrons. The Morgan fingerprint density at radius 2 is 1.87 bits per heavy atom. The number of alkyl halides is 1. The number of nitrogens with zero attached hydrogens (tertiary/aromatic N) is 4. The molecule has 0 saturated carbocycles. The van der Waals surface area contributed by atoms with Crippen LogP contribution in [-0.4, -0.2) is 103 Å². The lowest BCUT2D eigenvalue weighted by Crippen LogP contribution is -2.51. The van der Waals surface area contributed by atoms with Gasteiger partial charge in [0.15, 0.2) is 17.4 Å². The van der Waals surface area contributed by atoms with Gasteiger partial charge in [-0.3, -0.25) is 14.5 Å². The number of benzene rings is 3. The number of ether oxygens (including phenoxy) is 3. The molecular weight excluding hydrogens is 722 g/mol. The van der Waals surface area contributed by atoms with Crippen molar-refractivity contribution in [3.63, 3.8) is 0 Å². The van der Waals surface area contributed by atoms with E-state index in [0.29, 0.717) is 37.0 Å². The molecule has 4 aliphatic heterocycles. The van der Waals surface area contributed by atoms with Gasteiger partial charge in [-0.25, -0.2) is 17.6 Å². The smallest absolute Gasteiger partial charge is 0.319 e. The second-order valence-corrected chi connectivity index (χ2v) is 14.4. The maximum absolute atomic E-state index is 17.4. The Hall–Kier alpha value is -5.20. The average molecular weight is 764 g/mol. The highest BCUT2D eigenvalue weighted by molar-refractivity contribution is 6.06. The molecule has 0 amide bonds. The van der Waals surface area contributed by atoms with Gasteiger partial charge in [-0.1, -0.05) is 18.1 Å². The first kappa shape index (κ1) is 38.1. The van der Waals surface area contributed by atoms with E-state index >= 15 is 13.2 Å². The summed E-state index contributed by atoms with van der Waals surface area (Å²) < 4.78 is 81.5. The highest BCUT2D eigenvalue weighted by Crippen LogP contribution is 2.47. The average Bonchev–Trinajstić information content (AvgIpc) is 3.81. The van der Waals surface area contributed by atoms with E-state index in [2.05, 4.69) is 21.1 Å². The van der Waals surface area contributed by atoms with Crippen molar-refractivity contribution in [2.24, 2.45) is 0 Å². The summed E-state index contributed by atoms with van der Waals surface area (Å²) in [5.41, 5.74) is -1.25. The normalized spacial score (nSPS) is 22.9. The third kappa shape index (κ3) is 6.97. The van der Waals surface area contributed by atoms with Gasteiger partial charge in [0.05, 0.1) is 42.2 Å². The maximum Gasteiger partial charge on any atom is 0.319 e. The first-order valence-corrected chi connectivity index (χ1v) is 18.3. The van der Waals surface area contributed by atoms with E-state index in [4.69, 9.17) is 35.5 Å². The minimum absolute atomic E-state index is 0.0237. The molecule has 11 nitrogen and oxygen atoms in total. The van der Waals surface area contributed by atoms with E-state index in [9.17, 15) is 9.18 Å². The number of nitrogens with one attached hydrogen (secondary N) is 1. The van der Waals surface area contributed by atoms with Crippen LogP contribution in [0, 0.1) is 29.8 Å². The Morgan fingerprint density at radius 3 is 2.56 bits per heavy atom. The summed E-state index contributed by atoms with van der Waals surface area (Å²) in [7, 11) is 1.28. The van der Waals surface area contributed by atoms with Crippen LogP contribution in [0.15, 0.2) is 24.3 Å². The minimum Gasteiger partial charge on any atom is -0.493 e. The molecule has 5 heterocycles. The van der Waals surface area contributed by atoms with E-state index in [-0.39, 0.29) is 83.2 Å². The van der Waals surface area contributed by atoms with Crippen molar-refractivity contribution < 1.29 is 46.5 Å². The second kappa shape index (κ2) is 15.5. The van der Waals surface area contributed by atoms with Gasteiger partial charge >= 0.3 is 12.0 Å². The number of carbonyl (C=O) groups is 2. The summed E-state index contributed by atoms with van der Waals surface area (Å²) in [5.74, 6) is -1.13. The monoisotopic (exact) mass is 763 g/mol. The molecule has 4 atom stereocenters. The van der Waals surface area contributed by atoms with Crippen LogP contribution < -0.4 is 19.7 Å². The Labute approximate surface area is 314 Å². The van der Waals surface area contributed by atoms with Crippen molar-refractivity contribution in [2.75, 3.05) is 51.4 Å². The van der Waals surface area contributed by atoms with Crippen molar-refractivity contribution in [1.82, 2.24) is 20.2 Å². The third-order valence-electron chi connectivity index (χ3n) is 11.1. The summed E-state index contributed by atoms with van der Waals surface area (Å²) in [6, 6.07) is 5.83. The lowest BCUT2D eigenvalue weighted by atomic mass is 9.90. The molecule has 2 unspecified atom stereocenters. The Morgan fingerprint density at radius 1 is 1.13 bits per heavy atom. The molecule has 8 rings (SSSR count). The van der Waals surface area contributed by atoms with Gasteiger partial charge in [-0.15, -0.1) is 6.42 Å². The number of carbonyl (C=O) groups excluding carboxylic acids is 1. The van der Waals surface area contributed by atoms with E-state index in [1.54, 1.807) is 13.0 Å². The molecule has 2 N–H and O–H groups in total. The predicted molar refractivity (Wildman–Crippen MR) is 197 cm³/mol. The summed E-state index contributed by atoms with van der Waals surface area (Å²) in [5, 5.41) is 10.9. The number of halogens is 4. The van der Waals surface area contributed by atoms with Crippen LogP contribution in [0.2, 0.25) is 0 Å². The number of aromatic nitrogens is 2. The first-order valence-electron chi connectivity index (χ1n) is 18.3. The van der Waals surface area contributed by atoms with E-state index < -0.39 is 40.7 Å².